The van der Waals surface area contributed by atoms with Crippen LogP contribution in [0.25, 0.3) is 0 Å². The van der Waals surface area contributed by atoms with E-state index >= 15 is 0 Å². The van der Waals surface area contributed by atoms with Gasteiger partial charge in [0.15, 0.2) is 0 Å². The summed E-state index contributed by atoms with van der Waals surface area (Å²) in [5.41, 5.74) is 10.3. The van der Waals surface area contributed by atoms with E-state index in [0.717, 1.165) is 6.42 Å². The number of nitrogens with zero attached hydrogens (tertiary/aromatic N) is 2. The van der Waals surface area contributed by atoms with Crippen LogP contribution in [-0.2, 0) is 9.47 Å². The lowest BCUT2D eigenvalue weighted by Crippen LogP contribution is -2.28. The second-order valence-corrected chi connectivity index (χ2v) is 4.69. The van der Waals surface area contributed by atoms with Crippen LogP contribution in [0.2, 0.25) is 0 Å². The van der Waals surface area contributed by atoms with E-state index in [-0.39, 0.29) is 12.4 Å². The third-order valence-corrected chi connectivity index (χ3v) is 3.14. The molecule has 0 spiro atoms. The first-order chi connectivity index (χ1) is 9.61. The Bertz CT molecular complexity index is 493. The van der Waals surface area contributed by atoms with Crippen molar-refractivity contribution in [2.75, 3.05) is 25.5 Å². The summed E-state index contributed by atoms with van der Waals surface area (Å²) < 4.78 is 12.3. The monoisotopic (exact) mass is 284 g/mol. The maximum atomic E-state index is 11.7. The minimum atomic E-state index is -0.678. The fraction of sp³-hybridized carbons (Fsp3) is 0.667. The molecule has 0 aromatic carbocycles. The zero-order chi connectivity index (χ0) is 14.5. The average Bonchev–Trinajstić information content (AvgIpc) is 2.76. The van der Waals surface area contributed by atoms with Crippen LogP contribution >= 0.6 is 0 Å². The Balaban J connectivity index is 1.94. The van der Waals surface area contributed by atoms with E-state index in [1.165, 1.54) is 16.8 Å². The van der Waals surface area contributed by atoms with Gasteiger partial charge in [-0.05, 0) is 19.0 Å². The second-order valence-electron chi connectivity index (χ2n) is 4.69. The molecular weight excluding hydrogens is 264 g/mol. The van der Waals surface area contributed by atoms with Crippen molar-refractivity contribution >= 4 is 5.82 Å². The summed E-state index contributed by atoms with van der Waals surface area (Å²) in [6.45, 7) is 1.36. The van der Waals surface area contributed by atoms with Crippen molar-refractivity contribution in [3.05, 3.63) is 22.7 Å². The second kappa shape index (κ2) is 6.80. The van der Waals surface area contributed by atoms with Crippen molar-refractivity contribution in [3.8, 4) is 0 Å². The lowest BCUT2D eigenvalue weighted by atomic mass is 10.2. The molecule has 1 aliphatic heterocycles. The molecule has 8 nitrogen and oxygen atoms in total. The Labute approximate surface area is 116 Å². The molecule has 20 heavy (non-hydrogen) atoms. The van der Waals surface area contributed by atoms with Crippen LogP contribution in [0.15, 0.2) is 17.1 Å². The summed E-state index contributed by atoms with van der Waals surface area (Å²) in [4.78, 5) is 15.3. The molecule has 1 saturated heterocycles. The standard InChI is InChI=1S/C12H20N4O4/c13-3-1-5-19-7-9-8(17)6-11(20-9)16-4-2-10(14)15-12(16)18/h2,4,8-9,11,17H,1,3,5-7,13H2,(H2,14,15,18)/t8-,9+,11+/m0/s1. The highest BCUT2D eigenvalue weighted by Crippen LogP contribution is 2.27. The van der Waals surface area contributed by atoms with Crippen molar-refractivity contribution in [3.63, 3.8) is 0 Å². The Morgan fingerprint density at radius 2 is 2.40 bits per heavy atom. The van der Waals surface area contributed by atoms with Crippen molar-refractivity contribution in [1.29, 1.82) is 0 Å². The lowest BCUT2D eigenvalue weighted by Gasteiger charge is -2.16. The van der Waals surface area contributed by atoms with Crippen molar-refractivity contribution in [2.24, 2.45) is 5.73 Å². The van der Waals surface area contributed by atoms with E-state index < -0.39 is 24.1 Å². The molecule has 0 aliphatic carbocycles. The van der Waals surface area contributed by atoms with Crippen molar-refractivity contribution < 1.29 is 14.6 Å². The summed E-state index contributed by atoms with van der Waals surface area (Å²) in [5, 5.41) is 9.93. The molecule has 2 heterocycles. The van der Waals surface area contributed by atoms with Gasteiger partial charge in [0.25, 0.3) is 0 Å². The van der Waals surface area contributed by atoms with Crippen LogP contribution in [0.4, 0.5) is 5.82 Å². The minimum absolute atomic E-state index is 0.159. The number of aromatic nitrogens is 2. The SMILES string of the molecule is NCCCOC[C@H]1O[C@@H](n2ccc(N)nc2=O)C[C@@H]1O. The van der Waals surface area contributed by atoms with Crippen molar-refractivity contribution in [2.45, 2.75) is 31.3 Å². The van der Waals surface area contributed by atoms with E-state index in [1.807, 2.05) is 0 Å². The Morgan fingerprint density at radius 3 is 3.10 bits per heavy atom. The number of nitrogen functional groups attached to an aromatic ring is 1. The third kappa shape index (κ3) is 3.54. The largest absolute Gasteiger partial charge is 0.390 e. The predicted molar refractivity (Wildman–Crippen MR) is 71.9 cm³/mol. The van der Waals surface area contributed by atoms with Gasteiger partial charge in [-0.2, -0.15) is 4.98 Å². The Kier molecular flexibility index (Phi) is 5.07. The number of aliphatic hydroxyl groups excluding tert-OH is 1. The van der Waals surface area contributed by atoms with Gasteiger partial charge < -0.3 is 26.0 Å². The van der Waals surface area contributed by atoms with Crippen LogP contribution in [0.3, 0.4) is 0 Å². The lowest BCUT2D eigenvalue weighted by molar-refractivity contribution is -0.0634. The van der Waals surface area contributed by atoms with Gasteiger partial charge in [-0.1, -0.05) is 0 Å². The molecule has 0 bridgehead atoms. The molecule has 5 N–H and O–H groups in total. The van der Waals surface area contributed by atoms with E-state index in [2.05, 4.69) is 4.98 Å². The number of ether oxygens (including phenoxy) is 2. The third-order valence-electron chi connectivity index (χ3n) is 3.14. The highest BCUT2D eigenvalue weighted by Gasteiger charge is 2.35. The normalized spacial score (nSPS) is 26.0. The number of hydrogen-bond donors (Lipinski definition) is 3. The molecule has 8 heteroatoms. The Hall–Kier alpha value is -1.48. The average molecular weight is 284 g/mol. The van der Waals surface area contributed by atoms with Crippen LogP contribution in [-0.4, -0.2) is 46.6 Å². The van der Waals surface area contributed by atoms with Crippen LogP contribution in [0.5, 0.6) is 0 Å². The van der Waals surface area contributed by atoms with Gasteiger partial charge in [-0.25, -0.2) is 4.79 Å². The molecule has 1 aromatic heterocycles. The molecule has 112 valence electrons. The van der Waals surface area contributed by atoms with E-state index in [9.17, 15) is 9.90 Å². The molecular formula is C12H20N4O4. The molecule has 0 amide bonds. The molecule has 3 atom stereocenters. The molecule has 2 rings (SSSR count). The van der Waals surface area contributed by atoms with Crippen LogP contribution in [0, 0.1) is 0 Å². The number of rotatable bonds is 6. The smallest absolute Gasteiger partial charge is 0.351 e. The fourth-order valence-electron chi connectivity index (χ4n) is 2.07. The summed E-state index contributed by atoms with van der Waals surface area (Å²) >= 11 is 0. The Morgan fingerprint density at radius 1 is 1.60 bits per heavy atom. The highest BCUT2D eigenvalue weighted by molar-refractivity contribution is 5.23. The summed E-state index contributed by atoms with van der Waals surface area (Å²) in [6.07, 6.45) is 0.905. The number of nitrogens with two attached hydrogens (primary N) is 2. The molecule has 1 aliphatic rings. The molecule has 0 saturated carbocycles. The number of aliphatic hydroxyl groups is 1. The number of anilines is 1. The zero-order valence-corrected chi connectivity index (χ0v) is 11.1. The zero-order valence-electron chi connectivity index (χ0n) is 11.1. The predicted octanol–water partition coefficient (Wildman–Crippen LogP) is -1.16. The first kappa shape index (κ1) is 14.9. The first-order valence-corrected chi connectivity index (χ1v) is 6.58. The van der Waals surface area contributed by atoms with Gasteiger partial charge in [0.05, 0.1) is 12.7 Å². The van der Waals surface area contributed by atoms with Gasteiger partial charge in [0.2, 0.25) is 0 Å². The topological polar surface area (TPSA) is 126 Å². The quantitative estimate of drug-likeness (QED) is 0.562. The molecule has 0 unspecified atom stereocenters. The number of hydrogen-bond acceptors (Lipinski definition) is 7. The first-order valence-electron chi connectivity index (χ1n) is 6.58. The van der Waals surface area contributed by atoms with Gasteiger partial charge in [-0.3, -0.25) is 4.57 Å². The minimum Gasteiger partial charge on any atom is -0.390 e. The van der Waals surface area contributed by atoms with Gasteiger partial charge in [0.1, 0.15) is 18.1 Å². The maximum Gasteiger partial charge on any atom is 0.351 e. The van der Waals surface area contributed by atoms with Gasteiger partial charge >= 0.3 is 5.69 Å². The van der Waals surface area contributed by atoms with Crippen LogP contribution in [0.1, 0.15) is 19.1 Å². The fourth-order valence-corrected chi connectivity index (χ4v) is 2.07. The highest BCUT2D eigenvalue weighted by atomic mass is 16.6. The van der Waals surface area contributed by atoms with E-state index in [4.69, 9.17) is 20.9 Å². The molecule has 0 radical (unpaired) electrons. The van der Waals surface area contributed by atoms with E-state index in [1.54, 1.807) is 0 Å². The molecule has 1 fully saturated rings. The van der Waals surface area contributed by atoms with E-state index in [0.29, 0.717) is 19.6 Å². The van der Waals surface area contributed by atoms with Crippen molar-refractivity contribution in [1.82, 2.24) is 9.55 Å². The van der Waals surface area contributed by atoms with Gasteiger partial charge in [-0.15, -0.1) is 0 Å². The summed E-state index contributed by atoms with van der Waals surface area (Å²) in [5.74, 6) is 0.159. The summed E-state index contributed by atoms with van der Waals surface area (Å²) in [7, 11) is 0. The van der Waals surface area contributed by atoms with Gasteiger partial charge in [0, 0.05) is 19.2 Å². The summed E-state index contributed by atoms with van der Waals surface area (Å²) in [6, 6.07) is 1.52. The molecule has 1 aromatic rings. The van der Waals surface area contributed by atoms with Crippen LogP contribution < -0.4 is 17.2 Å². The maximum absolute atomic E-state index is 11.7.